The molecule has 0 spiro atoms. The van der Waals surface area contributed by atoms with Gasteiger partial charge in [0.05, 0.1) is 11.5 Å². The van der Waals surface area contributed by atoms with Gasteiger partial charge in [-0.2, -0.15) is 0 Å². The van der Waals surface area contributed by atoms with Crippen LogP contribution in [-0.2, 0) is 4.79 Å². The van der Waals surface area contributed by atoms with Crippen LogP contribution in [0.2, 0.25) is 0 Å². The molecule has 1 aliphatic rings. The second kappa shape index (κ2) is 5.17. The van der Waals surface area contributed by atoms with E-state index < -0.39 is 4.92 Å². The number of piperidine rings is 1. The number of rotatable bonds is 2. The average molecular weight is 262 g/mol. The fraction of sp³-hybridized carbons (Fsp3) is 0.385. The predicted molar refractivity (Wildman–Crippen MR) is 68.0 cm³/mol. The second-order valence-corrected chi connectivity index (χ2v) is 4.68. The number of non-ortho nitro benzene ring substituents is 1. The predicted octanol–water partition coefficient (Wildman–Crippen LogP) is 1.71. The number of nitro groups is 1. The van der Waals surface area contributed by atoms with E-state index in [2.05, 4.69) is 0 Å². The number of hydrogen-bond donors (Lipinski definition) is 0. The first-order chi connectivity index (χ1) is 8.97. The van der Waals surface area contributed by atoms with Crippen molar-refractivity contribution in [3.63, 3.8) is 0 Å². The van der Waals surface area contributed by atoms with E-state index in [0.29, 0.717) is 24.9 Å². The van der Waals surface area contributed by atoms with Gasteiger partial charge in [0.1, 0.15) is 0 Å². The highest BCUT2D eigenvalue weighted by Crippen LogP contribution is 2.19. The van der Waals surface area contributed by atoms with Gasteiger partial charge in [-0.05, 0) is 25.0 Å². The summed E-state index contributed by atoms with van der Waals surface area (Å²) in [6.45, 7) is 2.32. The number of hydrogen-bond acceptors (Lipinski definition) is 4. The smallest absolute Gasteiger partial charge is 0.270 e. The van der Waals surface area contributed by atoms with Crippen molar-refractivity contribution in [2.24, 2.45) is 0 Å². The highest BCUT2D eigenvalue weighted by molar-refractivity contribution is 5.98. The van der Waals surface area contributed by atoms with E-state index in [-0.39, 0.29) is 29.5 Å². The lowest BCUT2D eigenvalue weighted by molar-refractivity contribution is -0.384. The number of benzene rings is 1. The van der Waals surface area contributed by atoms with Gasteiger partial charge in [-0.15, -0.1) is 0 Å². The van der Waals surface area contributed by atoms with Crippen LogP contribution in [0.3, 0.4) is 0 Å². The fourth-order valence-electron chi connectivity index (χ4n) is 2.19. The summed E-state index contributed by atoms with van der Waals surface area (Å²) in [6, 6.07) is 4.28. The molecule has 0 unspecified atom stereocenters. The first-order valence-electron chi connectivity index (χ1n) is 6.04. The highest BCUT2D eigenvalue weighted by Gasteiger charge is 2.24. The first kappa shape index (κ1) is 13.2. The summed E-state index contributed by atoms with van der Waals surface area (Å²) in [5, 5.41) is 10.8. The molecule has 0 bridgehead atoms. The maximum absolute atomic E-state index is 12.2. The molecule has 0 aliphatic carbocycles. The highest BCUT2D eigenvalue weighted by atomic mass is 16.6. The van der Waals surface area contributed by atoms with Crippen LogP contribution in [0.1, 0.15) is 28.8 Å². The number of carbonyl (C=O) groups is 2. The summed E-state index contributed by atoms with van der Waals surface area (Å²) in [7, 11) is 0. The van der Waals surface area contributed by atoms with Crippen LogP contribution in [0.5, 0.6) is 0 Å². The molecule has 1 heterocycles. The number of Topliss-reactive ketones (excluding diaryl/α,β-unsaturated/α-hetero) is 1. The van der Waals surface area contributed by atoms with Gasteiger partial charge in [-0.25, -0.2) is 0 Å². The van der Waals surface area contributed by atoms with Crippen LogP contribution in [0.4, 0.5) is 5.69 Å². The molecule has 1 fully saturated rings. The third-order valence-electron chi connectivity index (χ3n) is 3.06. The summed E-state index contributed by atoms with van der Waals surface area (Å²) in [5.74, 6) is -0.290. The maximum Gasteiger partial charge on any atom is 0.270 e. The molecule has 19 heavy (non-hydrogen) atoms. The number of nitrogens with zero attached hydrogens (tertiary/aromatic N) is 2. The summed E-state index contributed by atoms with van der Waals surface area (Å²) < 4.78 is 0. The van der Waals surface area contributed by atoms with E-state index in [9.17, 15) is 19.7 Å². The van der Waals surface area contributed by atoms with Crippen LogP contribution in [0.25, 0.3) is 0 Å². The average Bonchev–Trinajstić information content (AvgIpc) is 2.37. The molecule has 1 amide bonds. The minimum Gasteiger partial charge on any atom is -0.331 e. The van der Waals surface area contributed by atoms with Gasteiger partial charge >= 0.3 is 0 Å². The Labute approximate surface area is 110 Å². The first-order valence-corrected chi connectivity index (χ1v) is 6.04. The topological polar surface area (TPSA) is 80.5 Å². The SMILES string of the molecule is Cc1cc(C(=O)N2CCCC(=O)C2)cc([N+](=O)[O-])c1. The molecule has 6 heteroatoms. The Hall–Kier alpha value is -2.24. The Bertz CT molecular complexity index is 554. The zero-order chi connectivity index (χ0) is 14.0. The lowest BCUT2D eigenvalue weighted by Gasteiger charge is -2.25. The van der Waals surface area contributed by atoms with E-state index in [4.69, 9.17) is 0 Å². The molecule has 0 saturated carbocycles. The number of nitro benzene ring substituents is 1. The van der Waals surface area contributed by atoms with Gasteiger partial charge < -0.3 is 4.90 Å². The monoisotopic (exact) mass is 262 g/mol. The molecule has 1 aliphatic heterocycles. The van der Waals surface area contributed by atoms with Gasteiger partial charge in [0.25, 0.3) is 11.6 Å². The molecule has 1 aromatic carbocycles. The number of amides is 1. The minimum atomic E-state index is -0.523. The molecule has 1 saturated heterocycles. The third-order valence-corrected chi connectivity index (χ3v) is 3.06. The van der Waals surface area contributed by atoms with Crippen LogP contribution in [0, 0.1) is 17.0 Å². The number of aryl methyl sites for hydroxylation is 1. The standard InChI is InChI=1S/C13H14N2O4/c1-9-5-10(7-11(6-9)15(18)19)13(17)14-4-2-3-12(16)8-14/h5-7H,2-4,8H2,1H3. The Balaban J connectivity index is 2.28. The summed E-state index contributed by atoms with van der Waals surface area (Å²) in [6.07, 6.45) is 1.15. The van der Waals surface area contributed by atoms with E-state index in [1.54, 1.807) is 13.0 Å². The van der Waals surface area contributed by atoms with Gasteiger partial charge in [0, 0.05) is 30.7 Å². The van der Waals surface area contributed by atoms with Crippen molar-refractivity contribution in [1.82, 2.24) is 4.90 Å². The molecule has 0 N–H and O–H groups in total. The zero-order valence-corrected chi connectivity index (χ0v) is 10.6. The summed E-state index contributed by atoms with van der Waals surface area (Å²) >= 11 is 0. The van der Waals surface area contributed by atoms with Crippen molar-refractivity contribution in [1.29, 1.82) is 0 Å². The van der Waals surface area contributed by atoms with Crippen molar-refractivity contribution in [2.45, 2.75) is 19.8 Å². The third kappa shape index (κ3) is 2.96. The lowest BCUT2D eigenvalue weighted by atomic mass is 10.1. The van der Waals surface area contributed by atoms with E-state index >= 15 is 0 Å². The Morgan fingerprint density at radius 3 is 2.74 bits per heavy atom. The molecular formula is C13H14N2O4. The van der Waals surface area contributed by atoms with E-state index in [1.807, 2.05) is 0 Å². The minimum absolute atomic E-state index is 0.0294. The van der Waals surface area contributed by atoms with Gasteiger partial charge in [0.2, 0.25) is 0 Å². The Morgan fingerprint density at radius 1 is 1.37 bits per heavy atom. The lowest BCUT2D eigenvalue weighted by Crippen LogP contribution is -2.40. The molecule has 6 nitrogen and oxygen atoms in total. The zero-order valence-electron chi connectivity index (χ0n) is 10.6. The van der Waals surface area contributed by atoms with E-state index in [1.165, 1.54) is 17.0 Å². The molecular weight excluding hydrogens is 248 g/mol. The number of ketones is 1. The van der Waals surface area contributed by atoms with Gasteiger partial charge in [-0.1, -0.05) is 0 Å². The molecule has 1 aromatic rings. The molecule has 0 aromatic heterocycles. The van der Waals surface area contributed by atoms with Crippen molar-refractivity contribution in [3.05, 3.63) is 39.4 Å². The maximum atomic E-state index is 12.2. The van der Waals surface area contributed by atoms with Crippen LogP contribution in [0.15, 0.2) is 18.2 Å². The van der Waals surface area contributed by atoms with Crippen molar-refractivity contribution >= 4 is 17.4 Å². The Kier molecular flexibility index (Phi) is 3.59. The van der Waals surface area contributed by atoms with Crippen molar-refractivity contribution in [2.75, 3.05) is 13.1 Å². The van der Waals surface area contributed by atoms with Crippen LogP contribution in [-0.4, -0.2) is 34.6 Å². The van der Waals surface area contributed by atoms with Gasteiger partial charge in [0.15, 0.2) is 5.78 Å². The number of likely N-dealkylation sites (tertiary alicyclic amines) is 1. The largest absolute Gasteiger partial charge is 0.331 e. The molecule has 2 rings (SSSR count). The quantitative estimate of drug-likeness (QED) is 0.600. The molecule has 0 radical (unpaired) electrons. The number of carbonyl (C=O) groups excluding carboxylic acids is 2. The van der Waals surface area contributed by atoms with Crippen LogP contribution < -0.4 is 0 Å². The summed E-state index contributed by atoms with van der Waals surface area (Å²) in [4.78, 5) is 35.3. The van der Waals surface area contributed by atoms with Crippen LogP contribution >= 0.6 is 0 Å². The van der Waals surface area contributed by atoms with E-state index in [0.717, 1.165) is 0 Å². The molecule has 100 valence electrons. The fourth-order valence-corrected chi connectivity index (χ4v) is 2.19. The second-order valence-electron chi connectivity index (χ2n) is 4.68. The normalized spacial score (nSPS) is 15.4. The van der Waals surface area contributed by atoms with Gasteiger partial charge in [-0.3, -0.25) is 19.7 Å². The molecule has 0 atom stereocenters. The Morgan fingerprint density at radius 2 is 2.11 bits per heavy atom. The van der Waals surface area contributed by atoms with Crippen molar-refractivity contribution in [3.8, 4) is 0 Å². The van der Waals surface area contributed by atoms with Crippen molar-refractivity contribution < 1.29 is 14.5 Å². The summed E-state index contributed by atoms with van der Waals surface area (Å²) in [5.41, 5.74) is 0.814.